The summed E-state index contributed by atoms with van der Waals surface area (Å²) in [5, 5.41) is 3.47. The quantitative estimate of drug-likeness (QED) is 0.798. The number of hydrogen-bond donors (Lipinski definition) is 1. The Morgan fingerprint density at radius 1 is 1.48 bits per heavy atom. The molecule has 3 unspecified atom stereocenters. The number of ether oxygens (including phenoxy) is 2. The van der Waals surface area contributed by atoms with Crippen molar-refractivity contribution in [3.8, 4) is 0 Å². The van der Waals surface area contributed by atoms with Gasteiger partial charge in [0.25, 0.3) is 0 Å². The average molecular weight is 298 g/mol. The number of rotatable bonds is 4. The normalized spacial score (nSPS) is 34.9. The Hall–Kier alpha value is -0.650. The molecule has 5 nitrogen and oxygen atoms in total. The van der Waals surface area contributed by atoms with Crippen molar-refractivity contribution >= 4 is 5.97 Å². The molecule has 1 N–H and O–H groups in total. The van der Waals surface area contributed by atoms with Gasteiger partial charge in [-0.3, -0.25) is 15.0 Å². The highest BCUT2D eigenvalue weighted by Gasteiger charge is 2.48. The lowest BCUT2D eigenvalue weighted by molar-refractivity contribution is -0.149. The summed E-state index contributed by atoms with van der Waals surface area (Å²) in [7, 11) is 1.49. The van der Waals surface area contributed by atoms with Gasteiger partial charge in [0.2, 0.25) is 0 Å². The zero-order valence-electron chi connectivity index (χ0n) is 13.9. The summed E-state index contributed by atoms with van der Waals surface area (Å²) in [6.07, 6.45) is 4.09. The van der Waals surface area contributed by atoms with Crippen LogP contribution in [0.1, 0.15) is 46.5 Å². The number of hydrogen-bond acceptors (Lipinski definition) is 5. The van der Waals surface area contributed by atoms with Crippen molar-refractivity contribution in [2.75, 3.05) is 26.8 Å². The third-order valence-electron chi connectivity index (χ3n) is 4.63. The molecule has 0 aromatic heterocycles. The van der Waals surface area contributed by atoms with Crippen molar-refractivity contribution in [3.63, 3.8) is 0 Å². The van der Waals surface area contributed by atoms with Crippen LogP contribution in [0.25, 0.3) is 0 Å². The Labute approximate surface area is 128 Å². The standard InChI is InChI=1S/C16H30N2O3/c1-12(2)17-16(15(19)20-4)7-6-14(10-16)18-8-5-9-21-13(3)11-18/h12-14,17H,5-11H2,1-4H3. The molecule has 0 radical (unpaired) electrons. The second-order valence-electron chi connectivity index (χ2n) is 6.80. The van der Waals surface area contributed by atoms with Crippen molar-refractivity contribution in [2.45, 2.75) is 70.2 Å². The van der Waals surface area contributed by atoms with Crippen LogP contribution in [0.3, 0.4) is 0 Å². The molecule has 122 valence electrons. The highest BCUT2D eigenvalue weighted by molar-refractivity contribution is 5.81. The summed E-state index contributed by atoms with van der Waals surface area (Å²) in [5.74, 6) is -0.113. The molecule has 1 saturated heterocycles. The summed E-state index contributed by atoms with van der Waals surface area (Å²) in [4.78, 5) is 14.8. The van der Waals surface area contributed by atoms with Crippen molar-refractivity contribution in [1.82, 2.24) is 10.2 Å². The summed E-state index contributed by atoms with van der Waals surface area (Å²) >= 11 is 0. The van der Waals surface area contributed by atoms with E-state index in [4.69, 9.17) is 9.47 Å². The molecule has 21 heavy (non-hydrogen) atoms. The van der Waals surface area contributed by atoms with Gasteiger partial charge in [-0.05, 0) is 46.5 Å². The smallest absolute Gasteiger partial charge is 0.326 e. The lowest BCUT2D eigenvalue weighted by Gasteiger charge is -2.33. The molecule has 2 rings (SSSR count). The van der Waals surface area contributed by atoms with Gasteiger partial charge in [0.15, 0.2) is 0 Å². The minimum absolute atomic E-state index is 0.113. The van der Waals surface area contributed by atoms with Gasteiger partial charge >= 0.3 is 5.97 Å². The topological polar surface area (TPSA) is 50.8 Å². The third kappa shape index (κ3) is 3.96. The van der Waals surface area contributed by atoms with Crippen LogP contribution in [0.15, 0.2) is 0 Å². The SMILES string of the molecule is COC(=O)C1(NC(C)C)CCC(N2CCCOC(C)C2)C1. The highest BCUT2D eigenvalue weighted by atomic mass is 16.5. The van der Waals surface area contributed by atoms with E-state index in [1.807, 2.05) is 0 Å². The minimum Gasteiger partial charge on any atom is -0.468 e. The lowest BCUT2D eigenvalue weighted by atomic mass is 9.96. The van der Waals surface area contributed by atoms with E-state index in [-0.39, 0.29) is 18.1 Å². The van der Waals surface area contributed by atoms with Crippen LogP contribution in [0.2, 0.25) is 0 Å². The number of nitrogens with one attached hydrogen (secondary N) is 1. The molecule has 1 heterocycles. The van der Waals surface area contributed by atoms with E-state index in [0.29, 0.717) is 6.04 Å². The van der Waals surface area contributed by atoms with Crippen LogP contribution in [0.5, 0.6) is 0 Å². The van der Waals surface area contributed by atoms with Crippen LogP contribution in [0.4, 0.5) is 0 Å². The maximum Gasteiger partial charge on any atom is 0.326 e. The van der Waals surface area contributed by atoms with Gasteiger partial charge in [0, 0.05) is 31.8 Å². The monoisotopic (exact) mass is 298 g/mol. The predicted molar refractivity (Wildman–Crippen MR) is 82.3 cm³/mol. The predicted octanol–water partition coefficient (Wildman–Crippen LogP) is 1.56. The van der Waals surface area contributed by atoms with E-state index < -0.39 is 5.54 Å². The van der Waals surface area contributed by atoms with Crippen LogP contribution in [0, 0.1) is 0 Å². The van der Waals surface area contributed by atoms with Gasteiger partial charge in [0.05, 0.1) is 13.2 Å². The molecular weight excluding hydrogens is 268 g/mol. The Kier molecular flexibility index (Phi) is 5.63. The molecule has 3 atom stereocenters. The fraction of sp³-hybridized carbons (Fsp3) is 0.938. The number of nitrogens with zero attached hydrogens (tertiary/aromatic N) is 1. The van der Waals surface area contributed by atoms with E-state index in [9.17, 15) is 4.79 Å². The van der Waals surface area contributed by atoms with Gasteiger partial charge in [-0.2, -0.15) is 0 Å². The summed E-state index contributed by atoms with van der Waals surface area (Å²) in [6.45, 7) is 9.17. The number of esters is 1. The molecule has 5 heteroatoms. The molecule has 2 aliphatic rings. The van der Waals surface area contributed by atoms with Crippen LogP contribution in [-0.2, 0) is 14.3 Å². The Balaban J connectivity index is 2.06. The molecule has 0 aromatic carbocycles. The first kappa shape index (κ1) is 16.7. The fourth-order valence-corrected chi connectivity index (χ4v) is 3.81. The van der Waals surface area contributed by atoms with Crippen molar-refractivity contribution < 1.29 is 14.3 Å². The van der Waals surface area contributed by atoms with Gasteiger partial charge in [-0.15, -0.1) is 0 Å². The van der Waals surface area contributed by atoms with Crippen LogP contribution < -0.4 is 5.32 Å². The highest BCUT2D eigenvalue weighted by Crippen LogP contribution is 2.35. The molecule has 0 aromatic rings. The first-order valence-corrected chi connectivity index (χ1v) is 8.18. The zero-order chi connectivity index (χ0) is 15.5. The molecular formula is C16H30N2O3. The number of methoxy groups -OCH3 is 1. The molecule has 1 saturated carbocycles. The molecule has 1 aliphatic heterocycles. The van der Waals surface area contributed by atoms with E-state index >= 15 is 0 Å². The second-order valence-corrected chi connectivity index (χ2v) is 6.80. The Morgan fingerprint density at radius 2 is 2.24 bits per heavy atom. The van der Waals surface area contributed by atoms with Gasteiger partial charge < -0.3 is 9.47 Å². The first-order chi connectivity index (χ1) is 9.97. The summed E-state index contributed by atoms with van der Waals surface area (Å²) in [6, 6.07) is 0.716. The third-order valence-corrected chi connectivity index (χ3v) is 4.63. The van der Waals surface area contributed by atoms with Gasteiger partial charge in [-0.25, -0.2) is 0 Å². The maximum absolute atomic E-state index is 12.3. The van der Waals surface area contributed by atoms with Crippen LogP contribution in [-0.4, -0.2) is 61.4 Å². The van der Waals surface area contributed by atoms with E-state index in [1.165, 1.54) is 7.11 Å². The lowest BCUT2D eigenvalue weighted by Crippen LogP contribution is -2.54. The molecule has 2 fully saturated rings. The molecule has 0 amide bonds. The van der Waals surface area contributed by atoms with Crippen molar-refractivity contribution in [3.05, 3.63) is 0 Å². The van der Waals surface area contributed by atoms with E-state index in [2.05, 4.69) is 31.0 Å². The summed E-state index contributed by atoms with van der Waals surface area (Å²) in [5.41, 5.74) is -0.510. The average Bonchev–Trinajstić information content (AvgIpc) is 2.73. The first-order valence-electron chi connectivity index (χ1n) is 8.18. The minimum atomic E-state index is -0.510. The van der Waals surface area contributed by atoms with Gasteiger partial charge in [0.1, 0.15) is 5.54 Å². The number of carbonyl (C=O) groups excluding carboxylic acids is 1. The van der Waals surface area contributed by atoms with Crippen molar-refractivity contribution in [2.24, 2.45) is 0 Å². The molecule has 1 aliphatic carbocycles. The molecule has 0 spiro atoms. The summed E-state index contributed by atoms with van der Waals surface area (Å²) < 4.78 is 10.8. The fourth-order valence-electron chi connectivity index (χ4n) is 3.81. The maximum atomic E-state index is 12.3. The van der Waals surface area contributed by atoms with E-state index in [1.54, 1.807) is 0 Å². The van der Waals surface area contributed by atoms with Crippen molar-refractivity contribution in [1.29, 1.82) is 0 Å². The van der Waals surface area contributed by atoms with Gasteiger partial charge in [-0.1, -0.05) is 0 Å². The molecule has 0 bridgehead atoms. The van der Waals surface area contributed by atoms with E-state index in [0.717, 1.165) is 45.4 Å². The number of carbonyl (C=O) groups is 1. The Morgan fingerprint density at radius 3 is 2.90 bits per heavy atom. The zero-order valence-corrected chi connectivity index (χ0v) is 13.9. The Bertz CT molecular complexity index is 361. The largest absolute Gasteiger partial charge is 0.468 e. The van der Waals surface area contributed by atoms with Crippen LogP contribution >= 0.6 is 0 Å². The second kappa shape index (κ2) is 7.07.